The van der Waals surface area contributed by atoms with Crippen LogP contribution in [0.25, 0.3) is 10.4 Å². The molecule has 1 heterocycles. The van der Waals surface area contributed by atoms with Gasteiger partial charge in [0, 0.05) is 12.7 Å². The molecule has 72 valence electrons. The van der Waals surface area contributed by atoms with Gasteiger partial charge in [-0.2, -0.15) is 0 Å². The summed E-state index contributed by atoms with van der Waals surface area (Å²) in [5.74, 6) is 0. The molecule has 0 aliphatic carbocycles. The summed E-state index contributed by atoms with van der Waals surface area (Å²) in [6.45, 7) is 0. The van der Waals surface area contributed by atoms with E-state index in [0.29, 0.717) is 0 Å². The SMILES string of the molecule is CNc1cccc(-c2sccc2Cl)c1. The van der Waals surface area contributed by atoms with E-state index in [1.165, 1.54) is 0 Å². The van der Waals surface area contributed by atoms with Crippen LogP contribution in [0, 0.1) is 0 Å². The molecule has 1 aromatic heterocycles. The number of halogens is 1. The van der Waals surface area contributed by atoms with Crippen molar-refractivity contribution in [3.8, 4) is 10.4 Å². The van der Waals surface area contributed by atoms with Gasteiger partial charge in [-0.3, -0.25) is 0 Å². The van der Waals surface area contributed by atoms with E-state index in [-0.39, 0.29) is 0 Å². The summed E-state index contributed by atoms with van der Waals surface area (Å²) in [6, 6.07) is 10.1. The summed E-state index contributed by atoms with van der Waals surface area (Å²) in [4.78, 5) is 1.13. The Labute approximate surface area is 92.3 Å². The predicted molar refractivity (Wildman–Crippen MR) is 64.3 cm³/mol. The van der Waals surface area contributed by atoms with Crippen LogP contribution in [0.5, 0.6) is 0 Å². The molecular weight excluding hydrogens is 214 g/mol. The second-order valence-electron chi connectivity index (χ2n) is 2.93. The average molecular weight is 224 g/mol. The van der Waals surface area contributed by atoms with Crippen LogP contribution in [-0.4, -0.2) is 7.05 Å². The fourth-order valence-electron chi connectivity index (χ4n) is 1.32. The minimum atomic E-state index is 0.822. The van der Waals surface area contributed by atoms with Crippen molar-refractivity contribution >= 4 is 28.6 Å². The van der Waals surface area contributed by atoms with Gasteiger partial charge >= 0.3 is 0 Å². The Morgan fingerprint density at radius 1 is 1.29 bits per heavy atom. The number of nitrogens with one attached hydrogen (secondary N) is 1. The third-order valence-electron chi connectivity index (χ3n) is 2.03. The molecule has 0 saturated heterocycles. The summed E-state index contributed by atoms with van der Waals surface area (Å²) in [6.07, 6.45) is 0. The molecule has 1 aromatic carbocycles. The predicted octanol–water partition coefficient (Wildman–Crippen LogP) is 4.11. The van der Waals surface area contributed by atoms with Crippen LogP contribution in [0.3, 0.4) is 0 Å². The molecule has 0 radical (unpaired) electrons. The first-order valence-corrected chi connectivity index (χ1v) is 5.58. The second-order valence-corrected chi connectivity index (χ2v) is 4.25. The maximum Gasteiger partial charge on any atom is 0.0592 e. The Kier molecular flexibility index (Phi) is 2.75. The maximum atomic E-state index is 6.06. The van der Waals surface area contributed by atoms with E-state index in [2.05, 4.69) is 17.4 Å². The van der Waals surface area contributed by atoms with E-state index < -0.39 is 0 Å². The van der Waals surface area contributed by atoms with Gasteiger partial charge in [0.1, 0.15) is 0 Å². The monoisotopic (exact) mass is 223 g/mol. The molecule has 1 N–H and O–H groups in total. The zero-order chi connectivity index (χ0) is 9.97. The van der Waals surface area contributed by atoms with Gasteiger partial charge < -0.3 is 5.32 Å². The minimum Gasteiger partial charge on any atom is -0.388 e. The van der Waals surface area contributed by atoms with Crippen molar-refractivity contribution in [2.75, 3.05) is 12.4 Å². The summed E-state index contributed by atoms with van der Waals surface area (Å²) < 4.78 is 0. The highest BCUT2D eigenvalue weighted by Gasteiger charge is 2.04. The highest BCUT2D eigenvalue weighted by atomic mass is 35.5. The van der Waals surface area contributed by atoms with E-state index >= 15 is 0 Å². The highest BCUT2D eigenvalue weighted by Crippen LogP contribution is 2.34. The number of anilines is 1. The first-order valence-electron chi connectivity index (χ1n) is 4.32. The van der Waals surface area contributed by atoms with E-state index in [1.54, 1.807) is 11.3 Å². The molecule has 0 bridgehead atoms. The Bertz CT molecular complexity index is 436. The summed E-state index contributed by atoms with van der Waals surface area (Å²) in [5.41, 5.74) is 2.27. The summed E-state index contributed by atoms with van der Waals surface area (Å²) in [7, 11) is 1.91. The van der Waals surface area contributed by atoms with Crippen molar-refractivity contribution in [1.82, 2.24) is 0 Å². The van der Waals surface area contributed by atoms with Crippen molar-refractivity contribution in [1.29, 1.82) is 0 Å². The smallest absolute Gasteiger partial charge is 0.0592 e. The molecule has 3 heteroatoms. The Hall–Kier alpha value is -0.990. The Morgan fingerprint density at radius 2 is 2.14 bits per heavy atom. The van der Waals surface area contributed by atoms with Gasteiger partial charge in [-0.1, -0.05) is 23.7 Å². The topological polar surface area (TPSA) is 12.0 Å². The fraction of sp³-hybridized carbons (Fsp3) is 0.0909. The molecule has 0 unspecified atom stereocenters. The standard InChI is InChI=1S/C11H10ClNS/c1-13-9-4-2-3-8(7-9)11-10(12)5-6-14-11/h2-7,13H,1H3. The van der Waals surface area contributed by atoms with Gasteiger partial charge in [0.15, 0.2) is 0 Å². The Morgan fingerprint density at radius 3 is 2.79 bits per heavy atom. The first kappa shape index (κ1) is 9.56. The lowest BCUT2D eigenvalue weighted by Gasteiger charge is -2.03. The summed E-state index contributed by atoms with van der Waals surface area (Å²) in [5, 5.41) is 5.94. The Balaban J connectivity index is 2.47. The lowest BCUT2D eigenvalue weighted by atomic mass is 10.1. The third kappa shape index (κ3) is 1.76. The van der Waals surface area contributed by atoms with E-state index in [1.807, 2.05) is 30.6 Å². The molecule has 0 amide bonds. The highest BCUT2D eigenvalue weighted by molar-refractivity contribution is 7.14. The van der Waals surface area contributed by atoms with Gasteiger partial charge in [-0.15, -0.1) is 11.3 Å². The molecule has 14 heavy (non-hydrogen) atoms. The van der Waals surface area contributed by atoms with E-state index in [4.69, 9.17) is 11.6 Å². The van der Waals surface area contributed by atoms with Crippen LogP contribution in [-0.2, 0) is 0 Å². The third-order valence-corrected chi connectivity index (χ3v) is 3.42. The van der Waals surface area contributed by atoms with Crippen LogP contribution in [0.1, 0.15) is 0 Å². The largest absolute Gasteiger partial charge is 0.388 e. The van der Waals surface area contributed by atoms with Gasteiger partial charge in [0.25, 0.3) is 0 Å². The van der Waals surface area contributed by atoms with Gasteiger partial charge in [-0.25, -0.2) is 0 Å². The van der Waals surface area contributed by atoms with Gasteiger partial charge in [0.2, 0.25) is 0 Å². The minimum absolute atomic E-state index is 0.822. The van der Waals surface area contributed by atoms with Crippen LogP contribution in [0.2, 0.25) is 5.02 Å². The number of hydrogen-bond donors (Lipinski definition) is 1. The van der Waals surface area contributed by atoms with Crippen LogP contribution in [0.4, 0.5) is 5.69 Å². The van der Waals surface area contributed by atoms with E-state index in [0.717, 1.165) is 21.2 Å². The quantitative estimate of drug-likeness (QED) is 0.808. The zero-order valence-electron chi connectivity index (χ0n) is 7.75. The van der Waals surface area contributed by atoms with Crippen molar-refractivity contribution in [2.24, 2.45) is 0 Å². The number of benzene rings is 1. The molecule has 1 nitrogen and oxygen atoms in total. The summed E-state index contributed by atoms with van der Waals surface area (Å²) >= 11 is 7.72. The molecule has 2 aromatic rings. The molecular formula is C11H10ClNS. The lowest BCUT2D eigenvalue weighted by molar-refractivity contribution is 1.51. The average Bonchev–Trinajstić information content (AvgIpc) is 2.65. The zero-order valence-corrected chi connectivity index (χ0v) is 9.32. The lowest BCUT2D eigenvalue weighted by Crippen LogP contribution is -1.86. The molecule has 0 atom stereocenters. The molecule has 0 saturated carbocycles. The number of thiophene rings is 1. The first-order chi connectivity index (χ1) is 6.81. The molecule has 0 fully saturated rings. The molecule has 0 spiro atoms. The van der Waals surface area contributed by atoms with Gasteiger partial charge in [-0.05, 0) is 29.1 Å². The normalized spacial score (nSPS) is 10.1. The van der Waals surface area contributed by atoms with Gasteiger partial charge in [0.05, 0.1) is 9.90 Å². The van der Waals surface area contributed by atoms with Crippen molar-refractivity contribution in [3.63, 3.8) is 0 Å². The van der Waals surface area contributed by atoms with Crippen LogP contribution >= 0.6 is 22.9 Å². The molecule has 0 aliphatic heterocycles. The van der Waals surface area contributed by atoms with Crippen molar-refractivity contribution < 1.29 is 0 Å². The number of hydrogen-bond acceptors (Lipinski definition) is 2. The molecule has 0 aliphatic rings. The maximum absolute atomic E-state index is 6.06. The fourth-order valence-corrected chi connectivity index (χ4v) is 2.48. The molecule has 2 rings (SSSR count). The van der Waals surface area contributed by atoms with Crippen LogP contribution in [0.15, 0.2) is 35.7 Å². The van der Waals surface area contributed by atoms with E-state index in [9.17, 15) is 0 Å². The van der Waals surface area contributed by atoms with Crippen molar-refractivity contribution in [3.05, 3.63) is 40.7 Å². The number of rotatable bonds is 2. The second kappa shape index (κ2) is 4.03. The van der Waals surface area contributed by atoms with Crippen molar-refractivity contribution in [2.45, 2.75) is 0 Å². The van der Waals surface area contributed by atoms with Crippen LogP contribution < -0.4 is 5.32 Å².